The fraction of sp³-hybridized carbons (Fsp3) is 0.0769. The largest absolute Gasteiger partial charge is 0.491 e. The number of hydrogen-bond donors (Lipinski definition) is 0. The maximum atomic E-state index is 13.0. The van der Waals surface area contributed by atoms with Gasteiger partial charge in [0.15, 0.2) is 0 Å². The van der Waals surface area contributed by atoms with Crippen molar-refractivity contribution in [2.45, 2.75) is 6.30 Å². The topological polar surface area (TPSA) is 33.2 Å². The van der Waals surface area contributed by atoms with E-state index in [1.807, 2.05) is 0 Å². The molecule has 0 radical (unpaired) electrons. The third kappa shape index (κ3) is 2.90. The molecule has 1 heterocycles. The number of rotatable bonds is 2. The van der Waals surface area contributed by atoms with E-state index >= 15 is 0 Å². The Labute approximate surface area is 107 Å². The molecule has 0 aliphatic carbocycles. The van der Waals surface area contributed by atoms with Gasteiger partial charge in [0.1, 0.15) is 0 Å². The number of pyridine rings is 1. The quantitative estimate of drug-likeness (QED) is 0.782. The maximum absolute atomic E-state index is 13.0. The number of alkyl halides is 3. The van der Waals surface area contributed by atoms with Crippen LogP contribution in [0.4, 0.5) is 18.9 Å². The lowest BCUT2D eigenvalue weighted by Crippen LogP contribution is -2.43. The van der Waals surface area contributed by atoms with E-state index in [0.717, 1.165) is 6.20 Å². The summed E-state index contributed by atoms with van der Waals surface area (Å²) in [7, 11) is 0. The van der Waals surface area contributed by atoms with Crippen molar-refractivity contribution in [1.82, 2.24) is 4.98 Å². The highest BCUT2D eigenvalue weighted by atomic mass is 19.4. The number of halogens is 3. The summed E-state index contributed by atoms with van der Waals surface area (Å²) in [6, 6.07) is 9.82. The van der Waals surface area contributed by atoms with Gasteiger partial charge in [-0.15, -0.1) is 13.2 Å². The highest BCUT2D eigenvalue weighted by Gasteiger charge is 2.42. The van der Waals surface area contributed by atoms with Crippen LogP contribution in [0.1, 0.15) is 10.4 Å². The predicted octanol–water partition coefficient (Wildman–Crippen LogP) is 3.25. The normalized spacial score (nSPS) is 11.1. The van der Waals surface area contributed by atoms with E-state index in [9.17, 15) is 18.0 Å². The minimum absolute atomic E-state index is 0.0383. The minimum atomic E-state index is -4.81. The molecule has 1 aromatic carbocycles. The Bertz CT molecular complexity index is 555. The molecule has 0 unspecified atom stereocenters. The van der Waals surface area contributed by atoms with Gasteiger partial charge < -0.3 is 0 Å². The second-order valence-corrected chi connectivity index (χ2v) is 3.69. The number of carbonyl (C=O) groups excluding carboxylic acids is 1. The van der Waals surface area contributed by atoms with E-state index in [1.54, 1.807) is 6.07 Å². The Hall–Kier alpha value is -2.37. The van der Waals surface area contributed by atoms with Crippen molar-refractivity contribution in [3.8, 4) is 0 Å². The van der Waals surface area contributed by atoms with Crippen LogP contribution >= 0.6 is 0 Å². The summed E-state index contributed by atoms with van der Waals surface area (Å²) in [5.74, 6) is -1.14. The van der Waals surface area contributed by atoms with E-state index < -0.39 is 12.2 Å². The number of aromatic nitrogens is 1. The van der Waals surface area contributed by atoms with Gasteiger partial charge in [-0.25, -0.2) is 4.90 Å². The average Bonchev–Trinajstić information content (AvgIpc) is 2.39. The van der Waals surface area contributed by atoms with Gasteiger partial charge in [-0.3, -0.25) is 9.78 Å². The van der Waals surface area contributed by atoms with Crippen molar-refractivity contribution in [3.05, 3.63) is 60.4 Å². The second kappa shape index (κ2) is 5.09. The Morgan fingerprint density at radius 3 is 2.26 bits per heavy atom. The van der Waals surface area contributed by atoms with Crippen LogP contribution in [0.25, 0.3) is 0 Å². The molecule has 0 bridgehead atoms. The van der Waals surface area contributed by atoms with Crippen molar-refractivity contribution in [2.24, 2.45) is 0 Å². The van der Waals surface area contributed by atoms with Crippen molar-refractivity contribution < 1.29 is 18.0 Å². The molecule has 0 saturated heterocycles. The van der Waals surface area contributed by atoms with Gasteiger partial charge in [0, 0.05) is 11.8 Å². The van der Waals surface area contributed by atoms with E-state index in [1.165, 1.54) is 42.6 Å². The standard InChI is InChI=1S/C13H9F3N2O/c14-13(15,16)18(11-7-4-8-17-9-11)12(19)10-5-2-1-3-6-10/h1-9H. The van der Waals surface area contributed by atoms with Gasteiger partial charge in [-0.05, 0) is 24.3 Å². The Morgan fingerprint density at radius 2 is 1.74 bits per heavy atom. The third-order valence-electron chi connectivity index (χ3n) is 2.38. The smallest absolute Gasteiger partial charge is 0.268 e. The lowest BCUT2D eigenvalue weighted by Gasteiger charge is -2.24. The highest BCUT2D eigenvalue weighted by molar-refractivity contribution is 6.06. The summed E-state index contributed by atoms with van der Waals surface area (Å²) in [5, 5.41) is 0. The molecule has 0 aliphatic heterocycles. The molecule has 0 N–H and O–H groups in total. The van der Waals surface area contributed by atoms with Crippen LogP contribution in [0, 0.1) is 0 Å². The lowest BCUT2D eigenvalue weighted by atomic mass is 10.2. The minimum Gasteiger partial charge on any atom is -0.268 e. The van der Waals surface area contributed by atoms with Crippen LogP contribution in [0.15, 0.2) is 54.9 Å². The summed E-state index contributed by atoms with van der Waals surface area (Å²) < 4.78 is 39.1. The third-order valence-corrected chi connectivity index (χ3v) is 2.38. The first-order chi connectivity index (χ1) is 9.00. The van der Waals surface area contributed by atoms with Crippen LogP contribution < -0.4 is 4.90 Å². The van der Waals surface area contributed by atoms with Crippen LogP contribution in [0.2, 0.25) is 0 Å². The number of hydrogen-bond acceptors (Lipinski definition) is 2. The molecule has 0 saturated carbocycles. The first kappa shape index (κ1) is 13.1. The van der Waals surface area contributed by atoms with Crippen LogP contribution in [-0.4, -0.2) is 17.2 Å². The molecule has 0 aliphatic rings. The predicted molar refractivity (Wildman–Crippen MR) is 63.5 cm³/mol. The summed E-state index contributed by atoms with van der Waals surface area (Å²) in [5.41, 5.74) is -0.354. The Kier molecular flexibility index (Phi) is 3.50. The molecule has 3 nitrogen and oxygen atoms in total. The van der Waals surface area contributed by atoms with E-state index in [2.05, 4.69) is 4.98 Å². The van der Waals surface area contributed by atoms with Gasteiger partial charge in [0.05, 0.1) is 11.9 Å². The zero-order valence-corrected chi connectivity index (χ0v) is 9.63. The summed E-state index contributed by atoms with van der Waals surface area (Å²) in [6.45, 7) is 0. The number of carbonyl (C=O) groups is 1. The summed E-state index contributed by atoms with van der Waals surface area (Å²) in [6.07, 6.45) is -2.48. The molecule has 19 heavy (non-hydrogen) atoms. The Morgan fingerprint density at radius 1 is 1.05 bits per heavy atom. The van der Waals surface area contributed by atoms with Gasteiger partial charge >= 0.3 is 6.30 Å². The van der Waals surface area contributed by atoms with E-state index in [-0.39, 0.29) is 16.2 Å². The van der Waals surface area contributed by atoms with E-state index in [0.29, 0.717) is 0 Å². The number of nitrogens with zero attached hydrogens (tertiary/aromatic N) is 2. The maximum Gasteiger partial charge on any atom is 0.491 e. The molecule has 98 valence electrons. The zero-order chi connectivity index (χ0) is 13.9. The van der Waals surface area contributed by atoms with Crippen LogP contribution in [0.5, 0.6) is 0 Å². The molecule has 1 aromatic heterocycles. The highest BCUT2D eigenvalue weighted by Crippen LogP contribution is 2.29. The molecular weight excluding hydrogens is 257 g/mol. The van der Waals surface area contributed by atoms with Gasteiger partial charge in [0.25, 0.3) is 5.91 Å². The number of amides is 1. The van der Waals surface area contributed by atoms with Crippen molar-refractivity contribution >= 4 is 11.6 Å². The fourth-order valence-electron chi connectivity index (χ4n) is 1.57. The first-order valence-electron chi connectivity index (χ1n) is 5.36. The SMILES string of the molecule is O=C(c1ccccc1)N(c1cccnc1)C(F)(F)F. The fourth-order valence-corrected chi connectivity index (χ4v) is 1.57. The molecule has 0 spiro atoms. The first-order valence-corrected chi connectivity index (χ1v) is 5.36. The summed E-state index contributed by atoms with van der Waals surface area (Å²) >= 11 is 0. The van der Waals surface area contributed by atoms with Gasteiger partial charge in [-0.1, -0.05) is 18.2 Å². The molecule has 6 heteroatoms. The molecular formula is C13H9F3N2O. The van der Waals surface area contributed by atoms with Crippen LogP contribution in [0.3, 0.4) is 0 Å². The lowest BCUT2D eigenvalue weighted by molar-refractivity contribution is -0.122. The second-order valence-electron chi connectivity index (χ2n) is 3.69. The number of benzene rings is 1. The number of anilines is 1. The average molecular weight is 266 g/mol. The van der Waals surface area contributed by atoms with Gasteiger partial charge in [0.2, 0.25) is 0 Å². The molecule has 0 fully saturated rings. The van der Waals surface area contributed by atoms with Crippen LogP contribution in [-0.2, 0) is 0 Å². The zero-order valence-electron chi connectivity index (χ0n) is 9.63. The van der Waals surface area contributed by atoms with Crippen molar-refractivity contribution in [3.63, 3.8) is 0 Å². The molecule has 2 rings (SSSR count). The van der Waals surface area contributed by atoms with Gasteiger partial charge in [-0.2, -0.15) is 0 Å². The monoisotopic (exact) mass is 266 g/mol. The molecule has 2 aromatic rings. The summed E-state index contributed by atoms with van der Waals surface area (Å²) in [4.78, 5) is 15.3. The van der Waals surface area contributed by atoms with Crippen molar-refractivity contribution in [1.29, 1.82) is 0 Å². The van der Waals surface area contributed by atoms with E-state index in [4.69, 9.17) is 0 Å². The Balaban J connectivity index is 2.43. The molecule has 1 amide bonds. The molecule has 0 atom stereocenters. The van der Waals surface area contributed by atoms with Crippen molar-refractivity contribution in [2.75, 3.05) is 4.90 Å².